The number of rotatable bonds is 7. The van der Waals surface area contributed by atoms with Gasteiger partial charge in [-0.05, 0) is 31.5 Å². The van der Waals surface area contributed by atoms with Gasteiger partial charge in [-0.1, -0.05) is 12.1 Å². The van der Waals surface area contributed by atoms with Gasteiger partial charge in [-0.15, -0.1) is 11.3 Å². The SMILES string of the molecule is CCOC(=O)c1c(-c2ccc(OC)cc2)csc1NC(=O)CN1CCOC(C)C1. The lowest BCUT2D eigenvalue weighted by molar-refractivity contribution is -0.119. The number of ether oxygens (including phenoxy) is 3. The van der Waals surface area contributed by atoms with Crippen LogP contribution in [0.2, 0.25) is 0 Å². The molecule has 1 amide bonds. The number of nitrogens with one attached hydrogen (secondary N) is 1. The third-order valence-corrected chi connectivity index (χ3v) is 5.51. The topological polar surface area (TPSA) is 77.1 Å². The summed E-state index contributed by atoms with van der Waals surface area (Å²) in [5.74, 6) is 0.123. The first kappa shape index (κ1) is 21.3. The molecule has 1 unspecified atom stereocenters. The van der Waals surface area contributed by atoms with Crippen molar-refractivity contribution in [1.82, 2.24) is 4.90 Å². The molecule has 8 heteroatoms. The van der Waals surface area contributed by atoms with E-state index in [0.29, 0.717) is 30.3 Å². The number of amides is 1. The molecule has 156 valence electrons. The fraction of sp³-hybridized carbons (Fsp3) is 0.429. The van der Waals surface area contributed by atoms with Crippen molar-refractivity contribution < 1.29 is 23.8 Å². The highest BCUT2D eigenvalue weighted by Crippen LogP contribution is 2.36. The van der Waals surface area contributed by atoms with E-state index in [-0.39, 0.29) is 25.2 Å². The molecule has 1 fully saturated rings. The molecule has 0 bridgehead atoms. The number of esters is 1. The Hall–Kier alpha value is -2.42. The van der Waals surface area contributed by atoms with Crippen LogP contribution in [0.15, 0.2) is 29.6 Å². The molecule has 1 saturated heterocycles. The van der Waals surface area contributed by atoms with E-state index in [2.05, 4.69) is 5.32 Å². The van der Waals surface area contributed by atoms with E-state index in [9.17, 15) is 9.59 Å². The predicted octanol–water partition coefficient (Wildman–Crippen LogP) is 3.26. The van der Waals surface area contributed by atoms with Crippen LogP contribution in [0, 0.1) is 0 Å². The molecule has 2 aromatic rings. The summed E-state index contributed by atoms with van der Waals surface area (Å²) in [6.07, 6.45) is 0.107. The van der Waals surface area contributed by atoms with Gasteiger partial charge in [0.05, 0.1) is 33.0 Å². The molecule has 1 atom stereocenters. The van der Waals surface area contributed by atoms with Gasteiger partial charge in [-0.3, -0.25) is 9.69 Å². The van der Waals surface area contributed by atoms with Crippen LogP contribution in [-0.2, 0) is 14.3 Å². The van der Waals surface area contributed by atoms with Crippen LogP contribution >= 0.6 is 11.3 Å². The van der Waals surface area contributed by atoms with Crippen molar-refractivity contribution in [3.05, 3.63) is 35.2 Å². The summed E-state index contributed by atoms with van der Waals surface area (Å²) in [5.41, 5.74) is 1.96. The average Bonchev–Trinajstić information content (AvgIpc) is 3.11. The van der Waals surface area contributed by atoms with Crippen molar-refractivity contribution >= 4 is 28.2 Å². The number of anilines is 1. The molecule has 1 aliphatic rings. The maximum Gasteiger partial charge on any atom is 0.341 e. The Balaban J connectivity index is 1.81. The molecule has 0 radical (unpaired) electrons. The largest absolute Gasteiger partial charge is 0.497 e. The third-order valence-electron chi connectivity index (χ3n) is 4.62. The van der Waals surface area contributed by atoms with Gasteiger partial charge in [0, 0.05) is 24.0 Å². The molecular weight excluding hydrogens is 392 g/mol. The molecule has 7 nitrogen and oxygen atoms in total. The van der Waals surface area contributed by atoms with E-state index in [1.54, 1.807) is 14.0 Å². The summed E-state index contributed by atoms with van der Waals surface area (Å²) in [7, 11) is 1.60. The van der Waals surface area contributed by atoms with Crippen LogP contribution in [0.3, 0.4) is 0 Å². The number of hydrogen-bond donors (Lipinski definition) is 1. The Kier molecular flexibility index (Phi) is 7.24. The molecule has 2 heterocycles. The highest BCUT2D eigenvalue weighted by molar-refractivity contribution is 7.15. The third kappa shape index (κ3) is 5.35. The fourth-order valence-electron chi connectivity index (χ4n) is 3.24. The van der Waals surface area contributed by atoms with E-state index >= 15 is 0 Å². The Labute approximate surface area is 174 Å². The summed E-state index contributed by atoms with van der Waals surface area (Å²) >= 11 is 1.32. The van der Waals surface area contributed by atoms with Crippen molar-refractivity contribution in [3.63, 3.8) is 0 Å². The van der Waals surface area contributed by atoms with Crippen molar-refractivity contribution in [2.24, 2.45) is 0 Å². The lowest BCUT2D eigenvalue weighted by atomic mass is 10.0. The van der Waals surface area contributed by atoms with Crippen LogP contribution in [0.4, 0.5) is 5.00 Å². The normalized spacial score (nSPS) is 17.0. The van der Waals surface area contributed by atoms with Gasteiger partial charge in [0.1, 0.15) is 16.3 Å². The monoisotopic (exact) mass is 418 g/mol. The Morgan fingerprint density at radius 2 is 2.07 bits per heavy atom. The molecule has 29 heavy (non-hydrogen) atoms. The maximum absolute atomic E-state index is 12.6. The first-order valence-corrected chi connectivity index (χ1v) is 10.5. The van der Waals surface area contributed by atoms with Crippen molar-refractivity contribution in [2.75, 3.05) is 45.3 Å². The fourth-order valence-corrected chi connectivity index (χ4v) is 4.22. The van der Waals surface area contributed by atoms with Gasteiger partial charge in [0.25, 0.3) is 0 Å². The highest BCUT2D eigenvalue weighted by atomic mass is 32.1. The molecule has 1 N–H and O–H groups in total. The second kappa shape index (κ2) is 9.87. The average molecular weight is 419 g/mol. The van der Waals surface area contributed by atoms with Crippen LogP contribution in [0.5, 0.6) is 5.75 Å². The Bertz CT molecular complexity index is 849. The number of methoxy groups -OCH3 is 1. The zero-order valence-corrected chi connectivity index (χ0v) is 17.7. The van der Waals surface area contributed by atoms with E-state index in [1.807, 2.05) is 41.5 Å². The molecule has 0 saturated carbocycles. The summed E-state index contributed by atoms with van der Waals surface area (Å²) in [6, 6.07) is 7.42. The van der Waals surface area contributed by atoms with Gasteiger partial charge >= 0.3 is 5.97 Å². The van der Waals surface area contributed by atoms with Crippen LogP contribution in [0.1, 0.15) is 24.2 Å². The zero-order chi connectivity index (χ0) is 20.8. The molecule has 0 aliphatic carbocycles. The van der Waals surface area contributed by atoms with E-state index in [0.717, 1.165) is 16.9 Å². The highest BCUT2D eigenvalue weighted by Gasteiger charge is 2.24. The molecule has 1 aromatic carbocycles. The van der Waals surface area contributed by atoms with E-state index in [1.165, 1.54) is 11.3 Å². The standard InChI is InChI=1S/C21H26N2O5S/c1-4-27-21(25)19-17(15-5-7-16(26-3)8-6-15)13-29-20(19)22-18(24)12-23-9-10-28-14(2)11-23/h5-8,13-14H,4,9-12H2,1-3H3,(H,22,24). The van der Waals surface area contributed by atoms with E-state index < -0.39 is 5.97 Å². The quantitative estimate of drug-likeness (QED) is 0.696. The summed E-state index contributed by atoms with van der Waals surface area (Å²) in [4.78, 5) is 27.3. The van der Waals surface area contributed by atoms with Crippen LogP contribution < -0.4 is 10.1 Å². The molecular formula is C21H26N2O5S. The number of morpholine rings is 1. The first-order chi connectivity index (χ1) is 14.0. The summed E-state index contributed by atoms with van der Waals surface area (Å²) < 4.78 is 16.0. The van der Waals surface area contributed by atoms with Gasteiger partial charge < -0.3 is 19.5 Å². The van der Waals surface area contributed by atoms with E-state index in [4.69, 9.17) is 14.2 Å². The van der Waals surface area contributed by atoms with Crippen LogP contribution in [0.25, 0.3) is 11.1 Å². The van der Waals surface area contributed by atoms with Crippen molar-refractivity contribution in [2.45, 2.75) is 20.0 Å². The van der Waals surface area contributed by atoms with Gasteiger partial charge in [-0.25, -0.2) is 4.79 Å². The number of hydrogen-bond acceptors (Lipinski definition) is 7. The number of thiophene rings is 1. The zero-order valence-electron chi connectivity index (χ0n) is 16.9. The smallest absolute Gasteiger partial charge is 0.341 e. The van der Waals surface area contributed by atoms with Crippen LogP contribution in [-0.4, -0.2) is 62.8 Å². The molecule has 1 aromatic heterocycles. The molecule has 1 aliphatic heterocycles. The maximum atomic E-state index is 12.6. The molecule has 0 spiro atoms. The van der Waals surface area contributed by atoms with Crippen molar-refractivity contribution in [3.8, 4) is 16.9 Å². The predicted molar refractivity (Wildman–Crippen MR) is 113 cm³/mol. The summed E-state index contributed by atoms with van der Waals surface area (Å²) in [6.45, 7) is 6.30. The second-order valence-corrected chi connectivity index (χ2v) is 7.65. The second-order valence-electron chi connectivity index (χ2n) is 6.77. The van der Waals surface area contributed by atoms with Gasteiger partial charge in [0.15, 0.2) is 0 Å². The van der Waals surface area contributed by atoms with Crippen molar-refractivity contribution in [1.29, 1.82) is 0 Å². The number of carbonyl (C=O) groups is 2. The minimum Gasteiger partial charge on any atom is -0.497 e. The minimum absolute atomic E-state index is 0.107. The number of benzene rings is 1. The Morgan fingerprint density at radius 1 is 1.31 bits per heavy atom. The minimum atomic E-state index is -0.449. The molecule has 3 rings (SSSR count). The lowest BCUT2D eigenvalue weighted by Gasteiger charge is -2.30. The van der Waals surface area contributed by atoms with Gasteiger partial charge in [-0.2, -0.15) is 0 Å². The number of nitrogens with zero attached hydrogens (tertiary/aromatic N) is 1. The summed E-state index contributed by atoms with van der Waals surface area (Å²) in [5, 5.41) is 5.26. The van der Waals surface area contributed by atoms with Gasteiger partial charge in [0.2, 0.25) is 5.91 Å². The lowest BCUT2D eigenvalue weighted by Crippen LogP contribution is -2.44. The Morgan fingerprint density at radius 3 is 2.72 bits per heavy atom. The number of carbonyl (C=O) groups excluding carboxylic acids is 2. The first-order valence-electron chi connectivity index (χ1n) is 9.58.